The van der Waals surface area contributed by atoms with Crippen LogP contribution in [0, 0.1) is 17.1 Å². The van der Waals surface area contributed by atoms with Gasteiger partial charge in [-0.1, -0.05) is 23.7 Å². The molecule has 12 heteroatoms. The van der Waals surface area contributed by atoms with E-state index in [1.54, 1.807) is 38.4 Å². The molecule has 1 saturated carbocycles. The summed E-state index contributed by atoms with van der Waals surface area (Å²) in [7, 11) is 3.30. The van der Waals surface area contributed by atoms with Crippen LogP contribution in [0.2, 0.25) is 5.02 Å². The Bertz CT molecular complexity index is 1750. The summed E-state index contributed by atoms with van der Waals surface area (Å²) in [5.74, 6) is -1.61. The Balaban J connectivity index is 1.54. The number of aromatic nitrogens is 4. The zero-order valence-electron chi connectivity index (χ0n) is 23.3. The maximum Gasteiger partial charge on any atom is 0.257 e. The number of amides is 1. The Kier molecular flexibility index (Phi) is 7.52. The number of nitriles is 1. The van der Waals surface area contributed by atoms with E-state index in [2.05, 4.69) is 15.1 Å². The molecule has 2 aliphatic rings. The Morgan fingerprint density at radius 3 is 2.49 bits per heavy atom. The summed E-state index contributed by atoms with van der Waals surface area (Å²) in [4.78, 5) is 37.6. The Hall–Kier alpha value is -4.50. The van der Waals surface area contributed by atoms with Gasteiger partial charge >= 0.3 is 0 Å². The fourth-order valence-corrected chi connectivity index (χ4v) is 5.95. The first kappa shape index (κ1) is 28.6. The van der Waals surface area contributed by atoms with Crippen molar-refractivity contribution in [1.29, 1.82) is 5.26 Å². The molecule has 2 aromatic heterocycles. The van der Waals surface area contributed by atoms with Crippen molar-refractivity contribution in [3.63, 3.8) is 0 Å². The van der Waals surface area contributed by atoms with Gasteiger partial charge in [-0.15, -0.1) is 0 Å². The summed E-state index contributed by atoms with van der Waals surface area (Å²) in [6.07, 6.45) is 7.07. The van der Waals surface area contributed by atoms with Gasteiger partial charge in [-0.05, 0) is 43.5 Å². The highest BCUT2D eigenvalue weighted by molar-refractivity contribution is 6.30. The minimum absolute atomic E-state index is 0.000562. The van der Waals surface area contributed by atoms with Gasteiger partial charge in [0.1, 0.15) is 17.7 Å². The number of aryl methyl sites for hydroxylation is 1. The molecule has 0 saturated heterocycles. The smallest absolute Gasteiger partial charge is 0.257 e. The molecule has 1 aliphatic carbocycles. The molecule has 0 N–H and O–H groups in total. The molecule has 4 aromatic rings. The molecule has 0 spiro atoms. The summed E-state index contributed by atoms with van der Waals surface area (Å²) in [6, 6.07) is 11.2. The van der Waals surface area contributed by atoms with Crippen molar-refractivity contribution in [3.05, 3.63) is 111 Å². The number of rotatable bonds is 8. The topological polar surface area (TPSA) is 123 Å². The lowest BCUT2D eigenvalue weighted by Gasteiger charge is -2.41. The van der Waals surface area contributed by atoms with Crippen LogP contribution in [0.25, 0.3) is 0 Å². The molecule has 2 aromatic carbocycles. The number of hydrogen-bond acceptors (Lipinski definition) is 8. The monoisotopic (exact) mass is 600 g/mol. The van der Waals surface area contributed by atoms with Crippen LogP contribution < -0.4 is 0 Å². The highest BCUT2D eigenvalue weighted by Gasteiger charge is 2.56. The van der Waals surface area contributed by atoms with E-state index in [0.717, 1.165) is 12.5 Å². The van der Waals surface area contributed by atoms with Crippen LogP contribution in [0.3, 0.4) is 0 Å². The molecule has 0 radical (unpaired) electrons. The van der Waals surface area contributed by atoms with Gasteiger partial charge in [-0.25, -0.2) is 14.4 Å². The Morgan fingerprint density at radius 1 is 1.14 bits per heavy atom. The lowest BCUT2D eigenvalue weighted by atomic mass is 9.90. The molecule has 1 aliphatic heterocycles. The number of nitrogens with zero attached hydrogens (tertiary/aromatic N) is 6. The maximum atomic E-state index is 16.5. The van der Waals surface area contributed by atoms with Crippen LogP contribution in [0.1, 0.15) is 68.1 Å². The SMILES string of the molecule is COC1CCC(O[C@]2(c3ccc(Cl)cc3)c3c(F)cc(C(=O)c4cnn(C)c4)cc3C(=O)N2Cc2ncc(C#N)cn2)C1. The van der Waals surface area contributed by atoms with Gasteiger partial charge < -0.3 is 9.47 Å². The number of methoxy groups -OCH3 is 1. The maximum absolute atomic E-state index is 16.5. The quantitative estimate of drug-likeness (QED) is 0.270. The molecule has 10 nitrogen and oxygen atoms in total. The lowest BCUT2D eigenvalue weighted by molar-refractivity contribution is -0.149. The van der Waals surface area contributed by atoms with E-state index in [1.807, 2.05) is 6.07 Å². The largest absolute Gasteiger partial charge is 0.381 e. The van der Waals surface area contributed by atoms with Gasteiger partial charge in [0.2, 0.25) is 5.72 Å². The van der Waals surface area contributed by atoms with Gasteiger partial charge in [0, 0.05) is 48.9 Å². The second-order valence-corrected chi connectivity index (χ2v) is 11.0. The highest BCUT2D eigenvalue weighted by Crippen LogP contribution is 2.49. The van der Waals surface area contributed by atoms with Crippen LogP contribution in [0.4, 0.5) is 4.39 Å². The molecule has 1 amide bonds. The molecule has 3 atom stereocenters. The third kappa shape index (κ3) is 5.07. The summed E-state index contributed by atoms with van der Waals surface area (Å²) >= 11 is 6.24. The van der Waals surface area contributed by atoms with Gasteiger partial charge in [-0.2, -0.15) is 10.4 Å². The molecule has 6 rings (SSSR count). The zero-order valence-corrected chi connectivity index (χ0v) is 24.1. The number of ketones is 1. The van der Waals surface area contributed by atoms with Gasteiger partial charge in [0.25, 0.3) is 5.91 Å². The molecule has 3 heterocycles. The minimum atomic E-state index is -1.75. The third-order valence-corrected chi connectivity index (χ3v) is 8.14. The molecule has 0 bridgehead atoms. The first-order valence-electron chi connectivity index (χ1n) is 13.6. The summed E-state index contributed by atoms with van der Waals surface area (Å²) < 4.78 is 30.4. The fourth-order valence-electron chi connectivity index (χ4n) is 5.83. The number of halogens is 2. The van der Waals surface area contributed by atoms with Crippen LogP contribution in [-0.2, 0) is 28.8 Å². The molecule has 43 heavy (non-hydrogen) atoms. The Labute approximate surface area is 251 Å². The van der Waals surface area contributed by atoms with Crippen molar-refractivity contribution in [3.8, 4) is 6.07 Å². The van der Waals surface area contributed by atoms with E-state index in [9.17, 15) is 14.9 Å². The van der Waals surface area contributed by atoms with E-state index in [0.29, 0.717) is 23.4 Å². The van der Waals surface area contributed by atoms with Crippen molar-refractivity contribution < 1.29 is 23.5 Å². The number of fused-ring (bicyclic) bond motifs is 1. The van der Waals surface area contributed by atoms with Crippen LogP contribution in [0.5, 0.6) is 0 Å². The van der Waals surface area contributed by atoms with E-state index in [1.165, 1.54) is 40.4 Å². The number of hydrogen-bond donors (Lipinski definition) is 0. The molecular weight excluding hydrogens is 575 g/mol. The zero-order chi connectivity index (χ0) is 30.3. The fraction of sp³-hybridized carbons (Fsp3) is 0.290. The minimum Gasteiger partial charge on any atom is -0.381 e. The van der Waals surface area contributed by atoms with Crippen molar-refractivity contribution >= 4 is 23.3 Å². The van der Waals surface area contributed by atoms with E-state index in [4.69, 9.17) is 21.1 Å². The van der Waals surface area contributed by atoms with Crippen molar-refractivity contribution in [2.45, 2.75) is 43.7 Å². The average Bonchev–Trinajstić information content (AvgIpc) is 3.72. The van der Waals surface area contributed by atoms with Gasteiger partial charge in [-0.3, -0.25) is 19.2 Å². The second kappa shape index (κ2) is 11.3. The molecule has 218 valence electrons. The molecular formula is C31H26ClFN6O4. The van der Waals surface area contributed by atoms with E-state index >= 15 is 4.39 Å². The van der Waals surface area contributed by atoms with E-state index in [-0.39, 0.29) is 52.4 Å². The number of ether oxygens (including phenoxy) is 2. The summed E-state index contributed by atoms with van der Waals surface area (Å²) in [5, 5.41) is 13.7. The van der Waals surface area contributed by atoms with Crippen molar-refractivity contribution in [1.82, 2.24) is 24.6 Å². The number of benzene rings is 2. The average molecular weight is 601 g/mol. The highest BCUT2D eigenvalue weighted by atomic mass is 35.5. The number of carbonyl (C=O) groups excluding carboxylic acids is 2. The predicted octanol–water partition coefficient (Wildman–Crippen LogP) is 4.55. The van der Waals surface area contributed by atoms with Crippen LogP contribution >= 0.6 is 11.6 Å². The molecule has 1 fully saturated rings. The van der Waals surface area contributed by atoms with Crippen molar-refractivity contribution in [2.75, 3.05) is 7.11 Å². The number of carbonyl (C=O) groups is 2. The summed E-state index contributed by atoms with van der Waals surface area (Å²) in [6.45, 7) is -0.173. The first-order valence-corrected chi connectivity index (χ1v) is 14.0. The van der Waals surface area contributed by atoms with E-state index < -0.39 is 23.2 Å². The summed E-state index contributed by atoms with van der Waals surface area (Å²) in [5.41, 5.74) is -0.813. The lowest BCUT2D eigenvalue weighted by Crippen LogP contribution is -2.49. The van der Waals surface area contributed by atoms with Crippen LogP contribution in [0.15, 0.2) is 61.2 Å². The second-order valence-electron chi connectivity index (χ2n) is 10.6. The van der Waals surface area contributed by atoms with Crippen LogP contribution in [-0.4, -0.2) is 55.7 Å². The van der Waals surface area contributed by atoms with Gasteiger partial charge in [0.05, 0.1) is 47.2 Å². The standard InChI is InChI=1S/C31H26ClFN6O4/c1-38-16-20(15-37-38)29(40)19-9-25-28(26(33)10-19)31(21-3-5-22(32)6-4-21,43-24-8-7-23(11-24)42-2)39(30(25)41)17-27-35-13-18(12-34)14-36-27/h3-6,9-10,13-16,23-24H,7-8,11,17H2,1-2H3/t23?,24?,31-/m1/s1. The predicted molar refractivity (Wildman–Crippen MR) is 151 cm³/mol. The van der Waals surface area contributed by atoms with Crippen molar-refractivity contribution in [2.24, 2.45) is 7.05 Å². The third-order valence-electron chi connectivity index (χ3n) is 7.89. The van der Waals surface area contributed by atoms with Gasteiger partial charge in [0.15, 0.2) is 5.78 Å². The normalized spacial score (nSPS) is 21.2. The molecule has 2 unspecified atom stereocenters. The first-order chi connectivity index (χ1) is 20.7. The Morgan fingerprint density at radius 2 is 1.86 bits per heavy atom.